The molecule has 1 atom stereocenters. The number of anilines is 2. The molecule has 1 saturated heterocycles. The van der Waals surface area contributed by atoms with Crippen LogP contribution in [-0.4, -0.2) is 37.2 Å². The van der Waals surface area contributed by atoms with Gasteiger partial charge >= 0.3 is 5.97 Å². The Morgan fingerprint density at radius 1 is 1.31 bits per heavy atom. The standard InChI is InChI=1S/C19H21F2N3O2/c1-2-26-19(25)14-3-6-18(23-11-14)22-10-13-7-8-24(12-13)15-4-5-16(20)17(21)9-15/h3-6,9,11,13H,2,7-8,10,12H2,1H3,(H,22,23)/t13-/m0/s1. The maximum Gasteiger partial charge on any atom is 0.339 e. The Bertz CT molecular complexity index is 768. The van der Waals surface area contributed by atoms with Gasteiger partial charge in [0.05, 0.1) is 12.2 Å². The molecule has 5 nitrogen and oxygen atoms in total. The third kappa shape index (κ3) is 4.28. The maximum atomic E-state index is 13.4. The lowest BCUT2D eigenvalue weighted by Crippen LogP contribution is -2.22. The van der Waals surface area contributed by atoms with Crippen molar-refractivity contribution in [1.82, 2.24) is 4.98 Å². The molecule has 138 valence electrons. The fourth-order valence-electron chi connectivity index (χ4n) is 3.00. The Morgan fingerprint density at radius 3 is 2.85 bits per heavy atom. The number of pyridine rings is 1. The van der Waals surface area contributed by atoms with Crippen LogP contribution in [0.5, 0.6) is 0 Å². The predicted octanol–water partition coefficient (Wildman–Crippen LogP) is 3.47. The van der Waals surface area contributed by atoms with Crippen molar-refractivity contribution in [3.05, 3.63) is 53.7 Å². The summed E-state index contributed by atoms with van der Waals surface area (Å²) in [4.78, 5) is 17.9. The summed E-state index contributed by atoms with van der Waals surface area (Å²) in [7, 11) is 0. The van der Waals surface area contributed by atoms with Crippen LogP contribution in [0.2, 0.25) is 0 Å². The highest BCUT2D eigenvalue weighted by Crippen LogP contribution is 2.25. The molecule has 2 aromatic rings. The number of nitrogens with one attached hydrogen (secondary N) is 1. The van der Waals surface area contributed by atoms with Gasteiger partial charge in [-0.25, -0.2) is 18.6 Å². The first-order valence-electron chi connectivity index (χ1n) is 8.64. The second-order valence-corrected chi connectivity index (χ2v) is 6.23. The van der Waals surface area contributed by atoms with Crippen molar-refractivity contribution in [3.8, 4) is 0 Å². The average Bonchev–Trinajstić information content (AvgIpc) is 3.12. The van der Waals surface area contributed by atoms with Gasteiger partial charge in [-0.2, -0.15) is 0 Å². The Balaban J connectivity index is 1.51. The molecule has 0 aliphatic carbocycles. The molecule has 2 heterocycles. The van der Waals surface area contributed by atoms with Crippen LogP contribution < -0.4 is 10.2 Å². The molecule has 1 aromatic heterocycles. The highest BCUT2D eigenvalue weighted by Gasteiger charge is 2.23. The molecule has 1 fully saturated rings. The molecule has 7 heteroatoms. The smallest absolute Gasteiger partial charge is 0.339 e. The quantitative estimate of drug-likeness (QED) is 0.799. The zero-order valence-electron chi connectivity index (χ0n) is 14.5. The number of rotatable bonds is 6. The molecule has 1 aliphatic rings. The lowest BCUT2D eigenvalue weighted by Gasteiger charge is -2.19. The fourth-order valence-corrected chi connectivity index (χ4v) is 3.00. The topological polar surface area (TPSA) is 54.5 Å². The highest BCUT2D eigenvalue weighted by atomic mass is 19.2. The molecule has 1 aliphatic heterocycles. The van der Waals surface area contributed by atoms with Gasteiger partial charge in [0, 0.05) is 37.6 Å². The molecule has 1 N–H and O–H groups in total. The van der Waals surface area contributed by atoms with E-state index in [4.69, 9.17) is 4.74 Å². The van der Waals surface area contributed by atoms with Crippen LogP contribution in [0, 0.1) is 17.6 Å². The Hall–Kier alpha value is -2.70. The van der Waals surface area contributed by atoms with E-state index in [1.165, 1.54) is 12.3 Å². The summed E-state index contributed by atoms with van der Waals surface area (Å²) >= 11 is 0. The van der Waals surface area contributed by atoms with Gasteiger partial charge in [0.25, 0.3) is 0 Å². The molecule has 0 saturated carbocycles. The lowest BCUT2D eigenvalue weighted by atomic mass is 10.1. The first-order valence-corrected chi connectivity index (χ1v) is 8.64. The van der Waals surface area contributed by atoms with Crippen molar-refractivity contribution in [1.29, 1.82) is 0 Å². The Morgan fingerprint density at radius 2 is 2.15 bits per heavy atom. The zero-order chi connectivity index (χ0) is 18.5. The molecular weight excluding hydrogens is 340 g/mol. The summed E-state index contributed by atoms with van der Waals surface area (Å²) < 4.78 is 31.4. The Labute approximate surface area is 151 Å². The number of aromatic nitrogens is 1. The summed E-state index contributed by atoms with van der Waals surface area (Å²) in [6, 6.07) is 7.42. The van der Waals surface area contributed by atoms with E-state index >= 15 is 0 Å². The van der Waals surface area contributed by atoms with Crippen LogP contribution >= 0.6 is 0 Å². The van der Waals surface area contributed by atoms with Crippen molar-refractivity contribution in [2.24, 2.45) is 5.92 Å². The first kappa shape index (κ1) is 18.1. The van der Waals surface area contributed by atoms with E-state index in [2.05, 4.69) is 10.3 Å². The van der Waals surface area contributed by atoms with Crippen molar-refractivity contribution < 1.29 is 18.3 Å². The number of halogens is 2. The summed E-state index contributed by atoms with van der Waals surface area (Å²) in [5.74, 6) is -0.984. The number of benzene rings is 1. The summed E-state index contributed by atoms with van der Waals surface area (Å²) in [5.41, 5.74) is 1.12. The van der Waals surface area contributed by atoms with Gasteiger partial charge in [-0.1, -0.05) is 0 Å². The van der Waals surface area contributed by atoms with E-state index < -0.39 is 11.6 Å². The van der Waals surface area contributed by atoms with Gasteiger partial charge in [0.2, 0.25) is 0 Å². The molecule has 0 radical (unpaired) electrons. The van der Waals surface area contributed by atoms with E-state index in [9.17, 15) is 13.6 Å². The van der Waals surface area contributed by atoms with Crippen molar-refractivity contribution in [2.45, 2.75) is 13.3 Å². The van der Waals surface area contributed by atoms with E-state index in [0.29, 0.717) is 36.1 Å². The predicted molar refractivity (Wildman–Crippen MR) is 95.4 cm³/mol. The summed E-state index contributed by atoms with van der Waals surface area (Å²) in [5, 5.41) is 3.25. The number of hydrogen-bond acceptors (Lipinski definition) is 5. The highest BCUT2D eigenvalue weighted by molar-refractivity contribution is 5.89. The fraction of sp³-hybridized carbons (Fsp3) is 0.368. The number of ether oxygens (including phenoxy) is 1. The van der Waals surface area contributed by atoms with Crippen molar-refractivity contribution >= 4 is 17.5 Å². The third-order valence-corrected chi connectivity index (χ3v) is 4.40. The molecule has 0 spiro atoms. The number of carbonyl (C=O) groups excluding carboxylic acids is 1. The molecule has 0 amide bonds. The summed E-state index contributed by atoms with van der Waals surface area (Å²) in [6.07, 6.45) is 2.44. The van der Waals surface area contributed by atoms with Gasteiger partial charge in [0.15, 0.2) is 11.6 Å². The maximum absolute atomic E-state index is 13.4. The minimum atomic E-state index is -0.830. The zero-order valence-corrected chi connectivity index (χ0v) is 14.5. The third-order valence-electron chi connectivity index (χ3n) is 4.40. The van der Waals surface area contributed by atoms with Crippen molar-refractivity contribution in [3.63, 3.8) is 0 Å². The van der Waals surface area contributed by atoms with Crippen molar-refractivity contribution in [2.75, 3.05) is 36.5 Å². The largest absolute Gasteiger partial charge is 0.462 e. The van der Waals surface area contributed by atoms with Crippen LogP contribution in [0.4, 0.5) is 20.3 Å². The molecule has 26 heavy (non-hydrogen) atoms. The van der Waals surface area contributed by atoms with Gasteiger partial charge in [-0.3, -0.25) is 0 Å². The molecule has 0 unspecified atom stereocenters. The number of hydrogen-bond donors (Lipinski definition) is 1. The second kappa shape index (κ2) is 8.12. The molecule has 0 bridgehead atoms. The average molecular weight is 361 g/mol. The second-order valence-electron chi connectivity index (χ2n) is 6.23. The van der Waals surface area contributed by atoms with E-state index in [-0.39, 0.29) is 5.97 Å². The number of carbonyl (C=O) groups is 1. The minimum absolute atomic E-state index is 0.328. The number of esters is 1. The van der Waals surface area contributed by atoms with E-state index in [0.717, 1.165) is 25.6 Å². The summed E-state index contributed by atoms with van der Waals surface area (Å²) in [6.45, 7) is 4.36. The van der Waals surface area contributed by atoms with Crippen LogP contribution in [0.15, 0.2) is 36.5 Å². The molecular formula is C19H21F2N3O2. The van der Waals surface area contributed by atoms with Crippen LogP contribution in [0.1, 0.15) is 23.7 Å². The monoisotopic (exact) mass is 361 g/mol. The van der Waals surface area contributed by atoms with Crippen LogP contribution in [0.3, 0.4) is 0 Å². The normalized spacial score (nSPS) is 16.6. The van der Waals surface area contributed by atoms with E-state index in [1.54, 1.807) is 25.1 Å². The molecule has 3 rings (SSSR count). The number of nitrogens with zero attached hydrogens (tertiary/aromatic N) is 2. The minimum Gasteiger partial charge on any atom is -0.462 e. The lowest BCUT2D eigenvalue weighted by molar-refractivity contribution is 0.0526. The molecule has 1 aromatic carbocycles. The van der Waals surface area contributed by atoms with Gasteiger partial charge in [0.1, 0.15) is 5.82 Å². The SMILES string of the molecule is CCOC(=O)c1ccc(NC[C@@H]2CCN(c3ccc(F)c(F)c3)C2)nc1. The Kier molecular flexibility index (Phi) is 5.65. The van der Waals surface area contributed by atoms with Gasteiger partial charge in [-0.05, 0) is 43.5 Å². The van der Waals surface area contributed by atoms with Gasteiger partial charge in [-0.15, -0.1) is 0 Å². The van der Waals surface area contributed by atoms with E-state index in [1.807, 2.05) is 4.90 Å². The van der Waals surface area contributed by atoms with Crippen LogP contribution in [-0.2, 0) is 4.74 Å². The van der Waals surface area contributed by atoms with Gasteiger partial charge < -0.3 is 15.0 Å². The van der Waals surface area contributed by atoms with Crippen LogP contribution in [0.25, 0.3) is 0 Å². The first-order chi connectivity index (χ1) is 12.6.